The van der Waals surface area contributed by atoms with Crippen LogP contribution in [0.15, 0.2) is 24.3 Å². The van der Waals surface area contributed by atoms with Crippen LogP contribution in [0.2, 0.25) is 0 Å². The van der Waals surface area contributed by atoms with Gasteiger partial charge in [0, 0.05) is 0 Å². The number of carbonyl (C=O) groups is 1. The normalized spacial score (nSPS) is 13.1. The first kappa shape index (κ1) is 14.5. The van der Waals surface area contributed by atoms with Crippen molar-refractivity contribution in [3.63, 3.8) is 0 Å². The monoisotopic (exact) mass is 271 g/mol. The second-order valence-electron chi connectivity index (χ2n) is 4.09. The summed E-state index contributed by atoms with van der Waals surface area (Å²) in [5.41, 5.74) is 1.43. The quantitative estimate of drug-likeness (QED) is 0.880. The fourth-order valence-corrected chi connectivity index (χ4v) is 2.85. The van der Waals surface area contributed by atoms with E-state index >= 15 is 0 Å². The third-order valence-electron chi connectivity index (χ3n) is 2.67. The summed E-state index contributed by atoms with van der Waals surface area (Å²) in [6.45, 7) is 3.33. The zero-order valence-electron chi connectivity index (χ0n) is 10.6. The van der Waals surface area contributed by atoms with Crippen molar-refractivity contribution in [2.45, 2.75) is 26.3 Å². The van der Waals surface area contributed by atoms with Crippen LogP contribution in [0.25, 0.3) is 0 Å². The van der Waals surface area contributed by atoms with Crippen LogP contribution in [-0.2, 0) is 21.2 Å². The standard InChI is InChI=1S/C12H17NO4S/c1-4-10-5-7-11(8-6-10)13(18(3,16)17)9(2)12(14)15/h5-9H,4H2,1-3H3,(H,14,15). The Morgan fingerprint density at radius 2 is 1.83 bits per heavy atom. The highest BCUT2D eigenvalue weighted by Crippen LogP contribution is 2.21. The van der Waals surface area contributed by atoms with E-state index in [1.54, 1.807) is 24.3 Å². The molecule has 0 aliphatic rings. The highest BCUT2D eigenvalue weighted by atomic mass is 32.2. The Balaban J connectivity index is 3.22. The topological polar surface area (TPSA) is 74.7 Å². The molecule has 0 amide bonds. The van der Waals surface area contributed by atoms with E-state index in [1.165, 1.54) is 6.92 Å². The first-order valence-corrected chi connectivity index (χ1v) is 7.43. The van der Waals surface area contributed by atoms with E-state index in [-0.39, 0.29) is 0 Å². The maximum atomic E-state index is 11.7. The lowest BCUT2D eigenvalue weighted by molar-refractivity contribution is -0.137. The van der Waals surface area contributed by atoms with Gasteiger partial charge in [-0.15, -0.1) is 0 Å². The number of aliphatic carboxylic acids is 1. The van der Waals surface area contributed by atoms with Crippen LogP contribution >= 0.6 is 0 Å². The number of hydrogen-bond acceptors (Lipinski definition) is 3. The van der Waals surface area contributed by atoms with Crippen molar-refractivity contribution < 1.29 is 18.3 Å². The molecule has 1 aromatic carbocycles. The van der Waals surface area contributed by atoms with Gasteiger partial charge in [-0.05, 0) is 31.0 Å². The van der Waals surface area contributed by atoms with Crippen LogP contribution in [0.3, 0.4) is 0 Å². The van der Waals surface area contributed by atoms with Gasteiger partial charge in [-0.25, -0.2) is 13.2 Å². The average Bonchev–Trinajstić information content (AvgIpc) is 2.28. The third-order valence-corrected chi connectivity index (χ3v) is 3.91. The van der Waals surface area contributed by atoms with Gasteiger partial charge in [-0.2, -0.15) is 0 Å². The van der Waals surface area contributed by atoms with Crippen LogP contribution in [0, 0.1) is 0 Å². The molecular formula is C12H17NO4S. The SMILES string of the molecule is CCc1ccc(N(C(C)C(=O)O)S(C)(=O)=O)cc1. The fraction of sp³-hybridized carbons (Fsp3) is 0.417. The molecule has 1 rings (SSSR count). The number of carboxylic acid groups (broad SMARTS) is 1. The summed E-state index contributed by atoms with van der Waals surface area (Å²) in [7, 11) is -3.63. The van der Waals surface area contributed by atoms with Gasteiger partial charge >= 0.3 is 5.97 Å². The Kier molecular flexibility index (Phi) is 4.34. The molecule has 1 atom stereocenters. The first-order valence-electron chi connectivity index (χ1n) is 5.58. The number of nitrogens with zero attached hydrogens (tertiary/aromatic N) is 1. The molecule has 0 radical (unpaired) electrons. The van der Waals surface area contributed by atoms with Gasteiger partial charge in [-0.3, -0.25) is 4.31 Å². The van der Waals surface area contributed by atoms with Gasteiger partial charge in [0.25, 0.3) is 0 Å². The summed E-state index contributed by atoms with van der Waals surface area (Å²) >= 11 is 0. The van der Waals surface area contributed by atoms with Crippen molar-refractivity contribution in [1.82, 2.24) is 0 Å². The van der Waals surface area contributed by atoms with Crippen LogP contribution in [-0.4, -0.2) is 31.8 Å². The molecule has 18 heavy (non-hydrogen) atoms. The molecule has 0 spiro atoms. The molecule has 100 valence electrons. The van der Waals surface area contributed by atoms with Gasteiger partial charge in [-0.1, -0.05) is 19.1 Å². The number of anilines is 1. The minimum Gasteiger partial charge on any atom is -0.480 e. The average molecular weight is 271 g/mol. The van der Waals surface area contributed by atoms with Crippen molar-refractivity contribution in [3.8, 4) is 0 Å². The molecule has 1 N–H and O–H groups in total. The Morgan fingerprint density at radius 3 is 2.17 bits per heavy atom. The van der Waals surface area contributed by atoms with E-state index in [2.05, 4.69) is 0 Å². The largest absolute Gasteiger partial charge is 0.480 e. The number of sulfonamides is 1. The molecule has 0 heterocycles. The fourth-order valence-electron chi connectivity index (χ4n) is 1.68. The van der Waals surface area contributed by atoms with E-state index in [1.807, 2.05) is 6.92 Å². The molecule has 0 aromatic heterocycles. The number of hydrogen-bond donors (Lipinski definition) is 1. The first-order chi connectivity index (χ1) is 8.27. The minimum atomic E-state index is -3.63. The van der Waals surface area contributed by atoms with Gasteiger partial charge in [0.15, 0.2) is 0 Å². The van der Waals surface area contributed by atoms with E-state index in [0.717, 1.165) is 22.5 Å². The molecule has 0 aliphatic heterocycles. The summed E-state index contributed by atoms with van der Waals surface area (Å²) in [5.74, 6) is -1.18. The maximum Gasteiger partial charge on any atom is 0.327 e. The zero-order valence-corrected chi connectivity index (χ0v) is 11.4. The number of aryl methyl sites for hydroxylation is 1. The highest BCUT2D eigenvalue weighted by molar-refractivity contribution is 7.92. The molecule has 1 unspecified atom stereocenters. The lowest BCUT2D eigenvalue weighted by Gasteiger charge is -2.26. The van der Waals surface area contributed by atoms with Crippen molar-refractivity contribution >= 4 is 21.7 Å². The highest BCUT2D eigenvalue weighted by Gasteiger charge is 2.28. The third kappa shape index (κ3) is 3.22. The second kappa shape index (κ2) is 5.39. The Labute approximate surface area is 107 Å². The summed E-state index contributed by atoms with van der Waals surface area (Å²) in [6, 6.07) is 5.70. The molecule has 0 fully saturated rings. The number of carboxylic acids is 1. The lowest BCUT2D eigenvalue weighted by Crippen LogP contribution is -2.42. The molecule has 1 aromatic rings. The van der Waals surface area contributed by atoms with Crippen molar-refractivity contribution in [2.24, 2.45) is 0 Å². The van der Waals surface area contributed by atoms with Gasteiger partial charge in [0.1, 0.15) is 6.04 Å². The molecule has 5 nitrogen and oxygen atoms in total. The Bertz CT molecular complexity index is 522. The summed E-state index contributed by atoms with van der Waals surface area (Å²) < 4.78 is 24.3. The smallest absolute Gasteiger partial charge is 0.327 e. The second-order valence-corrected chi connectivity index (χ2v) is 5.95. The summed E-state index contributed by atoms with van der Waals surface area (Å²) in [5, 5.41) is 8.97. The van der Waals surface area contributed by atoms with E-state index in [9.17, 15) is 13.2 Å². The van der Waals surface area contributed by atoms with Crippen molar-refractivity contribution in [2.75, 3.05) is 10.6 Å². The van der Waals surface area contributed by atoms with Crippen molar-refractivity contribution in [3.05, 3.63) is 29.8 Å². The van der Waals surface area contributed by atoms with Crippen LogP contribution in [0.1, 0.15) is 19.4 Å². The molecule has 0 saturated heterocycles. The molecule has 0 bridgehead atoms. The summed E-state index contributed by atoms with van der Waals surface area (Å²) in [6.07, 6.45) is 1.84. The maximum absolute atomic E-state index is 11.7. The molecule has 6 heteroatoms. The van der Waals surface area contributed by atoms with E-state index in [4.69, 9.17) is 5.11 Å². The number of rotatable bonds is 5. The molecule has 0 saturated carbocycles. The predicted octanol–water partition coefficient (Wildman–Crippen LogP) is 1.49. The van der Waals surface area contributed by atoms with E-state index < -0.39 is 22.0 Å². The van der Waals surface area contributed by atoms with Gasteiger partial charge < -0.3 is 5.11 Å². The van der Waals surface area contributed by atoms with E-state index in [0.29, 0.717) is 5.69 Å². The van der Waals surface area contributed by atoms with Crippen molar-refractivity contribution in [1.29, 1.82) is 0 Å². The molecule has 0 aliphatic carbocycles. The Morgan fingerprint density at radius 1 is 1.33 bits per heavy atom. The predicted molar refractivity (Wildman–Crippen MR) is 70.2 cm³/mol. The van der Waals surface area contributed by atoms with Gasteiger partial charge in [0.05, 0.1) is 11.9 Å². The summed E-state index contributed by atoms with van der Waals surface area (Å²) in [4.78, 5) is 11.0. The molecular weight excluding hydrogens is 254 g/mol. The lowest BCUT2D eigenvalue weighted by atomic mass is 10.1. The van der Waals surface area contributed by atoms with Crippen LogP contribution in [0.4, 0.5) is 5.69 Å². The number of benzene rings is 1. The minimum absolute atomic E-state index is 0.365. The van der Waals surface area contributed by atoms with Crippen LogP contribution < -0.4 is 4.31 Å². The van der Waals surface area contributed by atoms with Gasteiger partial charge in [0.2, 0.25) is 10.0 Å². The van der Waals surface area contributed by atoms with Crippen LogP contribution in [0.5, 0.6) is 0 Å². The zero-order chi connectivity index (χ0) is 13.9. The Hall–Kier alpha value is -1.56.